The van der Waals surface area contributed by atoms with Gasteiger partial charge in [0.25, 0.3) is 0 Å². The molecule has 1 aromatic rings. The second kappa shape index (κ2) is 3.83. The molecular formula is C11H13N2S2. The van der Waals surface area contributed by atoms with E-state index in [9.17, 15) is 0 Å². The third-order valence-electron chi connectivity index (χ3n) is 2.97. The van der Waals surface area contributed by atoms with Crippen LogP contribution in [0.1, 0.15) is 11.3 Å². The number of rotatable bonds is 1. The predicted molar refractivity (Wildman–Crippen MR) is 66.4 cm³/mol. The Labute approximate surface area is 98.4 Å². The largest absolute Gasteiger partial charge is 0.347 e. The number of thioether (sulfide) groups is 1. The third-order valence-corrected chi connectivity index (χ3v) is 5.11. The van der Waals surface area contributed by atoms with Crippen molar-refractivity contribution in [3.8, 4) is 0 Å². The second-order valence-electron chi connectivity index (χ2n) is 4.09. The standard InChI is InChI=1S/C11H13N2S2/c1-8-6-12-11(15-8)13-4-2-10-9(7-13)3-5-14-10/h3,6,9-10H,2,4,7H2,1H3. The quantitative estimate of drug-likeness (QED) is 0.747. The monoisotopic (exact) mass is 237 g/mol. The molecular weight excluding hydrogens is 224 g/mol. The molecule has 0 aliphatic carbocycles. The van der Waals surface area contributed by atoms with Crippen LogP contribution in [0.25, 0.3) is 0 Å². The highest BCUT2D eigenvalue weighted by Crippen LogP contribution is 2.37. The second-order valence-corrected chi connectivity index (χ2v) is 6.38. The van der Waals surface area contributed by atoms with Gasteiger partial charge in [-0.1, -0.05) is 6.08 Å². The van der Waals surface area contributed by atoms with Crippen LogP contribution in [0, 0.1) is 18.2 Å². The number of aryl methyl sites for hydroxylation is 1. The molecule has 2 atom stereocenters. The Balaban J connectivity index is 1.76. The average Bonchev–Trinajstić information content (AvgIpc) is 2.84. The van der Waals surface area contributed by atoms with Crippen LogP contribution >= 0.6 is 23.1 Å². The summed E-state index contributed by atoms with van der Waals surface area (Å²) in [6.45, 7) is 4.39. The van der Waals surface area contributed by atoms with Gasteiger partial charge in [0.15, 0.2) is 5.13 Å². The summed E-state index contributed by atoms with van der Waals surface area (Å²) in [5.74, 6) is 0.688. The van der Waals surface area contributed by atoms with Crippen LogP contribution in [-0.4, -0.2) is 23.3 Å². The van der Waals surface area contributed by atoms with E-state index in [2.05, 4.69) is 28.3 Å². The summed E-state index contributed by atoms with van der Waals surface area (Å²) in [5.41, 5.74) is 0. The number of piperidine rings is 1. The van der Waals surface area contributed by atoms with Crippen molar-refractivity contribution in [2.24, 2.45) is 5.92 Å². The molecule has 2 aliphatic rings. The van der Waals surface area contributed by atoms with Gasteiger partial charge in [-0.05, 0) is 13.3 Å². The van der Waals surface area contributed by atoms with Crippen LogP contribution < -0.4 is 4.90 Å². The zero-order valence-electron chi connectivity index (χ0n) is 8.64. The predicted octanol–water partition coefficient (Wildman–Crippen LogP) is 2.71. The molecule has 0 saturated carbocycles. The maximum atomic E-state index is 4.46. The Kier molecular flexibility index (Phi) is 2.48. The van der Waals surface area contributed by atoms with Crippen molar-refractivity contribution in [1.29, 1.82) is 0 Å². The molecule has 4 heteroatoms. The fourth-order valence-corrected chi connectivity index (χ4v) is 3.93. The van der Waals surface area contributed by atoms with Crippen LogP contribution in [0.3, 0.4) is 0 Å². The molecule has 0 N–H and O–H groups in total. The average molecular weight is 237 g/mol. The Morgan fingerprint density at radius 3 is 3.33 bits per heavy atom. The highest BCUT2D eigenvalue weighted by molar-refractivity contribution is 8.01. The Morgan fingerprint density at radius 1 is 1.60 bits per heavy atom. The van der Waals surface area contributed by atoms with Crippen LogP contribution in [0.2, 0.25) is 0 Å². The molecule has 2 unspecified atom stereocenters. The normalized spacial score (nSPS) is 29.5. The van der Waals surface area contributed by atoms with Crippen molar-refractivity contribution in [2.75, 3.05) is 18.0 Å². The molecule has 1 saturated heterocycles. The first-order valence-electron chi connectivity index (χ1n) is 5.25. The lowest BCUT2D eigenvalue weighted by Gasteiger charge is -2.33. The molecule has 3 heterocycles. The lowest BCUT2D eigenvalue weighted by Crippen LogP contribution is -2.39. The summed E-state index contributed by atoms with van der Waals surface area (Å²) in [5, 5.41) is 5.26. The minimum atomic E-state index is 0.688. The Hall–Kier alpha value is -0.480. The van der Waals surface area contributed by atoms with Crippen molar-refractivity contribution in [1.82, 2.24) is 4.98 Å². The summed E-state index contributed by atoms with van der Waals surface area (Å²) in [6, 6.07) is 0. The van der Waals surface area contributed by atoms with Gasteiger partial charge in [-0.25, -0.2) is 4.98 Å². The third kappa shape index (κ3) is 1.81. The molecule has 1 aromatic heterocycles. The van der Waals surface area contributed by atoms with E-state index in [1.54, 1.807) is 11.3 Å². The van der Waals surface area contributed by atoms with Crippen LogP contribution in [-0.2, 0) is 0 Å². The van der Waals surface area contributed by atoms with Crippen LogP contribution in [0.5, 0.6) is 0 Å². The lowest BCUT2D eigenvalue weighted by molar-refractivity contribution is 0.505. The molecule has 1 fully saturated rings. The number of aromatic nitrogens is 1. The molecule has 2 nitrogen and oxygen atoms in total. The number of thiazole rings is 1. The van der Waals surface area contributed by atoms with E-state index in [1.165, 1.54) is 16.4 Å². The van der Waals surface area contributed by atoms with Gasteiger partial charge in [-0.3, -0.25) is 0 Å². The topological polar surface area (TPSA) is 16.1 Å². The number of anilines is 1. The number of hydrogen-bond donors (Lipinski definition) is 0. The van der Waals surface area contributed by atoms with Gasteiger partial charge in [0.2, 0.25) is 0 Å². The number of hydrogen-bond acceptors (Lipinski definition) is 4. The van der Waals surface area contributed by atoms with Crippen molar-refractivity contribution < 1.29 is 0 Å². The van der Waals surface area contributed by atoms with E-state index in [0.29, 0.717) is 5.92 Å². The van der Waals surface area contributed by atoms with Crippen molar-refractivity contribution >= 4 is 28.2 Å². The van der Waals surface area contributed by atoms with E-state index < -0.39 is 0 Å². The van der Waals surface area contributed by atoms with Crippen molar-refractivity contribution in [3.63, 3.8) is 0 Å². The van der Waals surface area contributed by atoms with Gasteiger partial charge in [-0.15, -0.1) is 23.1 Å². The number of fused-ring (bicyclic) bond motifs is 1. The van der Waals surface area contributed by atoms with E-state index in [-0.39, 0.29) is 0 Å². The summed E-state index contributed by atoms with van der Waals surface area (Å²) >= 11 is 3.68. The summed E-state index contributed by atoms with van der Waals surface area (Å²) in [6.07, 6.45) is 5.47. The van der Waals surface area contributed by atoms with Gasteiger partial charge in [0.05, 0.1) is 0 Å². The fourth-order valence-electron chi connectivity index (χ4n) is 2.14. The summed E-state index contributed by atoms with van der Waals surface area (Å²) in [4.78, 5) is 8.18. The molecule has 3 rings (SSSR count). The minimum absolute atomic E-state index is 0.688. The molecule has 0 bridgehead atoms. The van der Waals surface area contributed by atoms with E-state index in [4.69, 9.17) is 0 Å². The highest BCUT2D eigenvalue weighted by Gasteiger charge is 2.31. The number of nitrogens with zero attached hydrogens (tertiary/aromatic N) is 2. The minimum Gasteiger partial charge on any atom is -0.347 e. The van der Waals surface area contributed by atoms with Crippen LogP contribution in [0.15, 0.2) is 12.3 Å². The zero-order chi connectivity index (χ0) is 10.3. The van der Waals surface area contributed by atoms with Gasteiger partial charge in [-0.2, -0.15) is 0 Å². The summed E-state index contributed by atoms with van der Waals surface area (Å²) < 4.78 is 0. The Bertz CT molecular complexity index is 386. The van der Waals surface area contributed by atoms with Gasteiger partial charge in [0, 0.05) is 40.7 Å². The van der Waals surface area contributed by atoms with Crippen molar-refractivity contribution in [3.05, 3.63) is 22.6 Å². The molecule has 1 radical (unpaired) electrons. The smallest absolute Gasteiger partial charge is 0.185 e. The first kappa shape index (κ1) is 9.73. The maximum absolute atomic E-state index is 4.46. The Morgan fingerprint density at radius 2 is 2.53 bits per heavy atom. The molecule has 79 valence electrons. The molecule has 15 heavy (non-hydrogen) atoms. The summed E-state index contributed by atoms with van der Waals surface area (Å²) in [7, 11) is 0. The first-order valence-corrected chi connectivity index (χ1v) is 6.94. The van der Waals surface area contributed by atoms with Crippen LogP contribution in [0.4, 0.5) is 5.13 Å². The van der Waals surface area contributed by atoms with Crippen molar-refractivity contribution in [2.45, 2.75) is 18.6 Å². The molecule has 0 spiro atoms. The molecule has 2 aliphatic heterocycles. The molecule has 0 amide bonds. The van der Waals surface area contributed by atoms with Gasteiger partial charge in [0.1, 0.15) is 0 Å². The van der Waals surface area contributed by atoms with Gasteiger partial charge >= 0.3 is 0 Å². The van der Waals surface area contributed by atoms with E-state index >= 15 is 0 Å². The lowest BCUT2D eigenvalue weighted by atomic mass is 9.98. The van der Waals surface area contributed by atoms with E-state index in [0.717, 1.165) is 18.3 Å². The highest BCUT2D eigenvalue weighted by atomic mass is 32.2. The first-order chi connectivity index (χ1) is 7.33. The molecule has 0 aromatic carbocycles. The zero-order valence-corrected chi connectivity index (χ0v) is 10.3. The maximum Gasteiger partial charge on any atom is 0.185 e. The SMILES string of the molecule is Cc1cnc(N2CCC3S[C]=CC3C2)s1. The fraction of sp³-hybridized carbons (Fsp3) is 0.545. The van der Waals surface area contributed by atoms with E-state index in [1.807, 2.05) is 18.0 Å². The van der Waals surface area contributed by atoms with Gasteiger partial charge < -0.3 is 4.90 Å².